The second-order valence-electron chi connectivity index (χ2n) is 2.95. The fourth-order valence-electron chi connectivity index (χ4n) is 1.22. The third-order valence-corrected chi connectivity index (χ3v) is 3.66. The molecule has 0 saturated heterocycles. The summed E-state index contributed by atoms with van der Waals surface area (Å²) in [5.41, 5.74) is 0. The Kier molecular flexibility index (Phi) is 4.47. The van der Waals surface area contributed by atoms with Gasteiger partial charge in [-0.2, -0.15) is 0 Å². The van der Waals surface area contributed by atoms with Crippen LogP contribution in [0.3, 0.4) is 0 Å². The Bertz CT molecular complexity index is 372. The number of ketones is 1. The molecule has 82 valence electrons. The first-order valence-corrected chi connectivity index (χ1v) is 6.08. The van der Waals surface area contributed by atoms with Gasteiger partial charge in [-0.25, -0.2) is 0 Å². The van der Waals surface area contributed by atoms with Crippen molar-refractivity contribution in [2.75, 3.05) is 7.11 Å². The number of esters is 1. The van der Waals surface area contributed by atoms with Gasteiger partial charge in [0.1, 0.15) is 5.92 Å². The molecule has 1 aromatic heterocycles. The molecular formula is C10H11BrO3S. The van der Waals surface area contributed by atoms with E-state index in [1.54, 1.807) is 19.1 Å². The molecule has 0 N–H and O–H groups in total. The molecule has 1 heterocycles. The summed E-state index contributed by atoms with van der Waals surface area (Å²) in [7, 11) is 1.29. The van der Waals surface area contributed by atoms with Crippen LogP contribution in [-0.2, 0) is 9.53 Å². The molecule has 1 atom stereocenters. The minimum absolute atomic E-state index is 0.167. The normalized spacial score (nSPS) is 12.2. The van der Waals surface area contributed by atoms with Gasteiger partial charge in [-0.05, 0) is 34.5 Å². The molecule has 15 heavy (non-hydrogen) atoms. The lowest BCUT2D eigenvalue weighted by molar-refractivity contribution is -0.143. The van der Waals surface area contributed by atoms with Crippen molar-refractivity contribution >= 4 is 39.0 Å². The van der Waals surface area contributed by atoms with Crippen LogP contribution < -0.4 is 0 Å². The Balaban J connectivity index is 2.87. The van der Waals surface area contributed by atoms with Gasteiger partial charge in [0.05, 0.1) is 15.8 Å². The first-order chi connectivity index (χ1) is 7.10. The van der Waals surface area contributed by atoms with E-state index in [0.717, 1.165) is 3.79 Å². The van der Waals surface area contributed by atoms with Crippen LogP contribution in [0.2, 0.25) is 0 Å². The summed E-state index contributed by atoms with van der Waals surface area (Å²) in [5, 5.41) is 0. The molecule has 0 amide bonds. The van der Waals surface area contributed by atoms with Crippen molar-refractivity contribution in [3.63, 3.8) is 0 Å². The maximum absolute atomic E-state index is 11.9. The Labute approximate surface area is 101 Å². The predicted octanol–water partition coefficient (Wildman–Crippen LogP) is 2.89. The van der Waals surface area contributed by atoms with Crippen molar-refractivity contribution < 1.29 is 14.3 Å². The van der Waals surface area contributed by atoms with E-state index in [-0.39, 0.29) is 5.78 Å². The first-order valence-electron chi connectivity index (χ1n) is 4.47. The molecule has 3 nitrogen and oxygen atoms in total. The minimum Gasteiger partial charge on any atom is -0.468 e. The van der Waals surface area contributed by atoms with E-state index in [4.69, 9.17) is 0 Å². The topological polar surface area (TPSA) is 43.4 Å². The zero-order valence-corrected chi connectivity index (χ0v) is 10.9. The molecule has 0 aliphatic rings. The zero-order valence-electron chi connectivity index (χ0n) is 8.45. The van der Waals surface area contributed by atoms with Gasteiger partial charge in [0, 0.05) is 0 Å². The second-order valence-corrected chi connectivity index (χ2v) is 5.42. The summed E-state index contributed by atoms with van der Waals surface area (Å²) in [5.74, 6) is -1.31. The summed E-state index contributed by atoms with van der Waals surface area (Å²) < 4.78 is 5.47. The second kappa shape index (κ2) is 5.42. The summed E-state index contributed by atoms with van der Waals surface area (Å²) in [6, 6.07) is 3.50. The van der Waals surface area contributed by atoms with Crippen molar-refractivity contribution in [1.29, 1.82) is 0 Å². The number of hydrogen-bond donors (Lipinski definition) is 0. The lowest BCUT2D eigenvalue weighted by Crippen LogP contribution is -2.24. The molecule has 0 aliphatic heterocycles. The highest BCUT2D eigenvalue weighted by atomic mass is 79.9. The molecule has 1 rings (SSSR count). The molecule has 5 heteroatoms. The van der Waals surface area contributed by atoms with Gasteiger partial charge in [0.2, 0.25) is 0 Å². The molecular weight excluding hydrogens is 280 g/mol. The van der Waals surface area contributed by atoms with Gasteiger partial charge in [0.25, 0.3) is 0 Å². The smallest absolute Gasteiger partial charge is 0.316 e. The quantitative estimate of drug-likeness (QED) is 0.486. The molecule has 1 unspecified atom stereocenters. The summed E-state index contributed by atoms with van der Waals surface area (Å²) in [6.45, 7) is 1.79. The average Bonchev–Trinajstić information content (AvgIpc) is 2.65. The number of Topliss-reactive ketones (excluding diaryl/α,β-unsaturated/α-hetero) is 1. The first kappa shape index (κ1) is 12.4. The predicted molar refractivity (Wildman–Crippen MR) is 62.1 cm³/mol. The maximum atomic E-state index is 11.9. The number of carbonyl (C=O) groups is 2. The van der Waals surface area contributed by atoms with Crippen molar-refractivity contribution in [2.45, 2.75) is 13.3 Å². The van der Waals surface area contributed by atoms with Crippen LogP contribution in [0.1, 0.15) is 23.0 Å². The highest BCUT2D eigenvalue weighted by Gasteiger charge is 2.27. The van der Waals surface area contributed by atoms with Crippen LogP contribution in [-0.4, -0.2) is 18.9 Å². The van der Waals surface area contributed by atoms with Gasteiger partial charge in [0.15, 0.2) is 5.78 Å². The molecule has 0 aromatic carbocycles. The molecule has 0 aliphatic carbocycles. The summed E-state index contributed by atoms with van der Waals surface area (Å²) in [6.07, 6.45) is 0.459. The van der Waals surface area contributed by atoms with E-state index in [9.17, 15) is 9.59 Å². The SMILES string of the molecule is CCC(C(=O)OC)C(=O)c1ccc(Br)s1. The van der Waals surface area contributed by atoms with E-state index < -0.39 is 11.9 Å². The van der Waals surface area contributed by atoms with Crippen LogP contribution >= 0.6 is 27.3 Å². The average molecular weight is 291 g/mol. The highest BCUT2D eigenvalue weighted by molar-refractivity contribution is 9.11. The van der Waals surface area contributed by atoms with Crippen molar-refractivity contribution in [2.24, 2.45) is 5.92 Å². The van der Waals surface area contributed by atoms with Gasteiger partial charge < -0.3 is 4.74 Å². The number of thiophene rings is 1. The fraction of sp³-hybridized carbons (Fsp3) is 0.400. The van der Waals surface area contributed by atoms with Crippen molar-refractivity contribution in [3.05, 3.63) is 20.8 Å². The zero-order chi connectivity index (χ0) is 11.4. The van der Waals surface area contributed by atoms with E-state index in [0.29, 0.717) is 11.3 Å². The lowest BCUT2D eigenvalue weighted by atomic mass is 10.0. The van der Waals surface area contributed by atoms with Crippen LogP contribution in [0.5, 0.6) is 0 Å². The number of halogens is 1. The molecule has 0 radical (unpaired) electrons. The Morgan fingerprint density at radius 1 is 1.53 bits per heavy atom. The molecule has 0 spiro atoms. The fourth-order valence-corrected chi connectivity index (χ4v) is 2.60. The Morgan fingerprint density at radius 3 is 2.60 bits per heavy atom. The lowest BCUT2D eigenvalue weighted by Gasteiger charge is -2.09. The van der Waals surface area contributed by atoms with E-state index in [2.05, 4.69) is 20.7 Å². The molecule has 1 aromatic rings. The van der Waals surface area contributed by atoms with Gasteiger partial charge in [-0.15, -0.1) is 11.3 Å². The van der Waals surface area contributed by atoms with Crippen LogP contribution in [0.15, 0.2) is 15.9 Å². The number of hydrogen-bond acceptors (Lipinski definition) is 4. The minimum atomic E-state index is -0.680. The van der Waals surface area contributed by atoms with Crippen molar-refractivity contribution in [3.8, 4) is 0 Å². The number of rotatable bonds is 4. The largest absolute Gasteiger partial charge is 0.468 e. The monoisotopic (exact) mass is 290 g/mol. The van der Waals surface area contributed by atoms with Gasteiger partial charge in [-0.1, -0.05) is 6.92 Å². The van der Waals surface area contributed by atoms with Gasteiger partial charge >= 0.3 is 5.97 Å². The molecule has 0 fully saturated rings. The van der Waals surface area contributed by atoms with Crippen LogP contribution in [0.4, 0.5) is 0 Å². The van der Waals surface area contributed by atoms with Crippen molar-refractivity contribution in [1.82, 2.24) is 0 Å². The summed E-state index contributed by atoms with van der Waals surface area (Å²) in [4.78, 5) is 23.8. The van der Waals surface area contributed by atoms with Crippen LogP contribution in [0.25, 0.3) is 0 Å². The van der Waals surface area contributed by atoms with E-state index in [1.165, 1.54) is 18.4 Å². The van der Waals surface area contributed by atoms with Crippen LogP contribution in [0, 0.1) is 5.92 Å². The van der Waals surface area contributed by atoms with Gasteiger partial charge in [-0.3, -0.25) is 9.59 Å². The standard InChI is InChI=1S/C10H11BrO3S/c1-3-6(10(13)14-2)9(12)7-4-5-8(11)15-7/h4-6H,3H2,1-2H3. The number of methoxy groups -OCH3 is 1. The van der Waals surface area contributed by atoms with E-state index >= 15 is 0 Å². The maximum Gasteiger partial charge on any atom is 0.316 e. The summed E-state index contributed by atoms with van der Waals surface area (Å²) >= 11 is 4.60. The highest BCUT2D eigenvalue weighted by Crippen LogP contribution is 2.25. The Morgan fingerprint density at radius 2 is 2.20 bits per heavy atom. The number of ether oxygens (including phenoxy) is 1. The van der Waals surface area contributed by atoms with E-state index in [1.807, 2.05) is 0 Å². The number of carbonyl (C=O) groups excluding carboxylic acids is 2. The third kappa shape index (κ3) is 2.89. The molecule has 0 bridgehead atoms. The third-order valence-electron chi connectivity index (χ3n) is 2.03. The molecule has 0 saturated carbocycles. The Hall–Kier alpha value is -0.680.